The van der Waals surface area contributed by atoms with Gasteiger partial charge in [0.1, 0.15) is 5.76 Å². The molecule has 120 valence electrons. The second kappa shape index (κ2) is 7.42. The monoisotopic (exact) mass is 314 g/mol. The molecule has 0 atom stereocenters. The average Bonchev–Trinajstić information content (AvgIpc) is 2.96. The minimum absolute atomic E-state index is 0.0721. The van der Waals surface area contributed by atoms with E-state index < -0.39 is 10.0 Å². The second-order valence-electron chi connectivity index (χ2n) is 5.50. The van der Waals surface area contributed by atoms with Crippen molar-refractivity contribution in [2.45, 2.75) is 63.6 Å². The minimum Gasteiger partial charge on any atom is -0.447 e. The number of furan rings is 1. The molecular formula is C15H26N2O3S. The lowest BCUT2D eigenvalue weighted by atomic mass is 9.95. The summed E-state index contributed by atoms with van der Waals surface area (Å²) in [6, 6.07) is 3.44. The predicted molar refractivity (Wildman–Crippen MR) is 82.5 cm³/mol. The third kappa shape index (κ3) is 3.87. The molecule has 0 bridgehead atoms. The van der Waals surface area contributed by atoms with E-state index in [9.17, 15) is 8.42 Å². The highest BCUT2D eigenvalue weighted by Gasteiger charge is 2.33. The third-order valence-corrected chi connectivity index (χ3v) is 5.94. The van der Waals surface area contributed by atoms with Gasteiger partial charge in [-0.2, -0.15) is 4.31 Å². The topological polar surface area (TPSA) is 62.6 Å². The highest BCUT2D eigenvalue weighted by molar-refractivity contribution is 7.89. The van der Waals surface area contributed by atoms with E-state index >= 15 is 0 Å². The number of hydrogen-bond acceptors (Lipinski definition) is 4. The molecule has 0 saturated heterocycles. The fraction of sp³-hybridized carbons (Fsp3) is 0.733. The summed E-state index contributed by atoms with van der Waals surface area (Å²) in [5.74, 6) is 0.662. The molecule has 0 spiro atoms. The van der Waals surface area contributed by atoms with Gasteiger partial charge in [0.05, 0.1) is 6.54 Å². The third-order valence-electron chi connectivity index (χ3n) is 4.04. The lowest BCUT2D eigenvalue weighted by Gasteiger charge is -2.31. The Morgan fingerprint density at radius 3 is 2.57 bits per heavy atom. The number of nitrogens with zero attached hydrogens (tertiary/aromatic N) is 1. The minimum atomic E-state index is -3.52. The molecule has 5 nitrogen and oxygen atoms in total. The van der Waals surface area contributed by atoms with Gasteiger partial charge in [0.15, 0.2) is 0 Å². The lowest BCUT2D eigenvalue weighted by molar-refractivity contribution is 0.254. The average molecular weight is 314 g/mol. The van der Waals surface area contributed by atoms with Crippen molar-refractivity contribution in [3.63, 3.8) is 0 Å². The van der Waals surface area contributed by atoms with Crippen LogP contribution in [0.3, 0.4) is 0 Å². The maximum atomic E-state index is 12.8. The standard InChI is InChI=1S/C15H26N2O3S/c1-3-16-12-14-10-11-15(20-14)21(18,19)17(4-2)13-8-6-5-7-9-13/h10-11,13,16H,3-9,12H2,1-2H3. The maximum absolute atomic E-state index is 12.8. The SMILES string of the molecule is CCNCc1ccc(S(=O)(=O)N(CC)C2CCCCC2)o1. The molecule has 2 rings (SSSR count). The molecule has 0 unspecified atom stereocenters. The molecular weight excluding hydrogens is 288 g/mol. The van der Waals surface area contributed by atoms with E-state index in [1.54, 1.807) is 16.4 Å². The molecule has 0 amide bonds. The highest BCUT2D eigenvalue weighted by atomic mass is 32.2. The molecule has 0 radical (unpaired) electrons. The van der Waals surface area contributed by atoms with Crippen molar-refractivity contribution >= 4 is 10.0 Å². The van der Waals surface area contributed by atoms with Crippen LogP contribution in [0.1, 0.15) is 51.7 Å². The molecule has 1 heterocycles. The van der Waals surface area contributed by atoms with Gasteiger partial charge in [-0.1, -0.05) is 33.1 Å². The van der Waals surface area contributed by atoms with Gasteiger partial charge in [0.25, 0.3) is 10.0 Å². The molecule has 1 aromatic rings. The van der Waals surface area contributed by atoms with Crippen LogP contribution in [0.4, 0.5) is 0 Å². The first-order valence-electron chi connectivity index (χ1n) is 7.90. The second-order valence-corrected chi connectivity index (χ2v) is 7.32. The van der Waals surface area contributed by atoms with E-state index in [1.807, 2.05) is 13.8 Å². The molecule has 0 aliphatic heterocycles. The van der Waals surface area contributed by atoms with Crippen molar-refractivity contribution in [2.75, 3.05) is 13.1 Å². The van der Waals surface area contributed by atoms with Crippen LogP contribution in [-0.4, -0.2) is 31.9 Å². The fourth-order valence-corrected chi connectivity index (χ4v) is 4.58. The number of sulfonamides is 1. The quantitative estimate of drug-likeness (QED) is 0.840. The molecule has 1 aromatic heterocycles. The van der Waals surface area contributed by atoms with Crippen LogP contribution in [-0.2, 0) is 16.6 Å². The summed E-state index contributed by atoms with van der Waals surface area (Å²) in [6.45, 7) is 5.78. The van der Waals surface area contributed by atoms with Gasteiger partial charge in [-0.05, 0) is 31.5 Å². The zero-order chi connectivity index (χ0) is 15.3. The summed E-state index contributed by atoms with van der Waals surface area (Å²) < 4.78 is 32.7. The van der Waals surface area contributed by atoms with Crippen LogP contribution >= 0.6 is 0 Å². The number of hydrogen-bond donors (Lipinski definition) is 1. The Labute approximate surface area is 127 Å². The van der Waals surface area contributed by atoms with E-state index in [0.29, 0.717) is 18.8 Å². The normalized spacial score (nSPS) is 17.5. The fourth-order valence-electron chi connectivity index (χ4n) is 2.95. The van der Waals surface area contributed by atoms with Gasteiger partial charge < -0.3 is 9.73 Å². The van der Waals surface area contributed by atoms with Crippen molar-refractivity contribution < 1.29 is 12.8 Å². The van der Waals surface area contributed by atoms with Crippen molar-refractivity contribution in [1.82, 2.24) is 9.62 Å². The van der Waals surface area contributed by atoms with Crippen LogP contribution < -0.4 is 5.32 Å². The summed E-state index contributed by atoms with van der Waals surface area (Å²) >= 11 is 0. The van der Waals surface area contributed by atoms with Crippen molar-refractivity contribution in [1.29, 1.82) is 0 Å². The van der Waals surface area contributed by atoms with E-state index in [2.05, 4.69) is 5.32 Å². The zero-order valence-corrected chi connectivity index (χ0v) is 13.8. The summed E-state index contributed by atoms with van der Waals surface area (Å²) in [5, 5.41) is 3.21. The van der Waals surface area contributed by atoms with Crippen molar-refractivity contribution in [3.8, 4) is 0 Å². The Hall–Kier alpha value is -0.850. The number of rotatable bonds is 7. The largest absolute Gasteiger partial charge is 0.447 e. The van der Waals surface area contributed by atoms with Gasteiger partial charge in [-0.25, -0.2) is 8.42 Å². The van der Waals surface area contributed by atoms with Crippen LogP contribution in [0, 0.1) is 0 Å². The van der Waals surface area contributed by atoms with Crippen LogP contribution in [0.2, 0.25) is 0 Å². The summed E-state index contributed by atoms with van der Waals surface area (Å²) in [7, 11) is -3.52. The molecule has 1 saturated carbocycles. The molecule has 1 N–H and O–H groups in total. The van der Waals surface area contributed by atoms with Gasteiger partial charge >= 0.3 is 0 Å². The lowest BCUT2D eigenvalue weighted by Crippen LogP contribution is -2.41. The van der Waals surface area contributed by atoms with E-state index in [1.165, 1.54) is 6.42 Å². The summed E-state index contributed by atoms with van der Waals surface area (Å²) in [6.07, 6.45) is 5.35. The molecule has 1 fully saturated rings. The maximum Gasteiger partial charge on any atom is 0.276 e. The smallest absolute Gasteiger partial charge is 0.276 e. The Balaban J connectivity index is 2.16. The molecule has 21 heavy (non-hydrogen) atoms. The Kier molecular flexibility index (Phi) is 5.84. The van der Waals surface area contributed by atoms with Crippen LogP contribution in [0.5, 0.6) is 0 Å². The summed E-state index contributed by atoms with van der Waals surface area (Å²) in [5.41, 5.74) is 0. The molecule has 0 aromatic carbocycles. The van der Waals surface area contributed by atoms with Crippen molar-refractivity contribution in [2.24, 2.45) is 0 Å². The van der Waals surface area contributed by atoms with Gasteiger partial charge in [-0.15, -0.1) is 0 Å². The predicted octanol–water partition coefficient (Wildman–Crippen LogP) is 2.73. The van der Waals surface area contributed by atoms with E-state index in [0.717, 1.165) is 32.2 Å². The van der Waals surface area contributed by atoms with E-state index in [-0.39, 0.29) is 11.1 Å². The van der Waals surface area contributed by atoms with Gasteiger partial charge in [-0.3, -0.25) is 0 Å². The Morgan fingerprint density at radius 1 is 1.24 bits per heavy atom. The first-order valence-corrected chi connectivity index (χ1v) is 9.34. The highest BCUT2D eigenvalue weighted by Crippen LogP contribution is 2.28. The van der Waals surface area contributed by atoms with Crippen molar-refractivity contribution in [3.05, 3.63) is 17.9 Å². The first kappa shape index (κ1) is 16.5. The van der Waals surface area contributed by atoms with Gasteiger partial charge in [0, 0.05) is 12.6 Å². The Morgan fingerprint density at radius 2 is 1.95 bits per heavy atom. The summed E-state index contributed by atoms with van der Waals surface area (Å²) in [4.78, 5) is 0. The zero-order valence-electron chi connectivity index (χ0n) is 13.0. The van der Waals surface area contributed by atoms with E-state index in [4.69, 9.17) is 4.42 Å². The van der Waals surface area contributed by atoms with Crippen LogP contribution in [0.15, 0.2) is 21.6 Å². The molecule has 1 aliphatic carbocycles. The first-order chi connectivity index (χ1) is 10.1. The van der Waals surface area contributed by atoms with Crippen LogP contribution in [0.25, 0.3) is 0 Å². The Bertz CT molecular complexity index is 533. The molecule has 6 heteroatoms. The molecule has 1 aliphatic rings. The van der Waals surface area contributed by atoms with Gasteiger partial charge in [0.2, 0.25) is 5.09 Å². The number of nitrogens with one attached hydrogen (secondary N) is 1.